The first kappa shape index (κ1) is 13.7. The number of carbonyl (C=O) groups excluding carboxylic acids is 1. The number of hydrazine groups is 1. The van der Waals surface area contributed by atoms with Gasteiger partial charge in [0.2, 0.25) is 0 Å². The molecule has 0 heterocycles. The molecule has 4 heteroatoms. The average molecular weight is 235 g/mol. The maximum atomic E-state index is 11.6. The number of nitrogens with one attached hydrogen (secondary N) is 1. The van der Waals surface area contributed by atoms with Crippen molar-refractivity contribution in [2.24, 2.45) is 5.73 Å². The van der Waals surface area contributed by atoms with Crippen molar-refractivity contribution in [3.63, 3.8) is 0 Å². The van der Waals surface area contributed by atoms with Gasteiger partial charge < -0.3 is 5.73 Å². The SMILES string of the molecule is Cc1ccc(CC(N)C(=O)NN(C)C)cc1C. The van der Waals surface area contributed by atoms with E-state index < -0.39 is 6.04 Å². The fraction of sp³-hybridized carbons (Fsp3) is 0.462. The van der Waals surface area contributed by atoms with Crippen LogP contribution in [-0.4, -0.2) is 31.1 Å². The Morgan fingerprint density at radius 1 is 1.35 bits per heavy atom. The molecule has 0 bridgehead atoms. The Kier molecular flexibility index (Phi) is 4.66. The fourth-order valence-electron chi connectivity index (χ4n) is 1.58. The number of rotatable bonds is 4. The molecule has 0 aromatic heterocycles. The normalized spacial score (nSPS) is 12.6. The minimum atomic E-state index is -0.514. The maximum Gasteiger partial charge on any atom is 0.251 e. The summed E-state index contributed by atoms with van der Waals surface area (Å²) < 4.78 is 0. The lowest BCUT2D eigenvalue weighted by Crippen LogP contribution is -2.47. The van der Waals surface area contributed by atoms with Crippen molar-refractivity contribution in [1.82, 2.24) is 10.4 Å². The van der Waals surface area contributed by atoms with Gasteiger partial charge in [-0.3, -0.25) is 10.2 Å². The monoisotopic (exact) mass is 235 g/mol. The topological polar surface area (TPSA) is 58.4 Å². The first-order valence-electron chi connectivity index (χ1n) is 5.69. The first-order valence-corrected chi connectivity index (χ1v) is 5.69. The van der Waals surface area contributed by atoms with Gasteiger partial charge in [0.15, 0.2) is 0 Å². The minimum Gasteiger partial charge on any atom is -0.320 e. The molecule has 0 aliphatic carbocycles. The molecule has 0 saturated heterocycles. The number of amides is 1. The van der Waals surface area contributed by atoms with Crippen LogP contribution in [-0.2, 0) is 11.2 Å². The van der Waals surface area contributed by atoms with E-state index in [1.54, 1.807) is 19.1 Å². The van der Waals surface area contributed by atoms with Gasteiger partial charge in [0.05, 0.1) is 6.04 Å². The van der Waals surface area contributed by atoms with Crippen molar-refractivity contribution in [2.75, 3.05) is 14.1 Å². The van der Waals surface area contributed by atoms with Gasteiger partial charge in [-0.15, -0.1) is 0 Å². The highest BCUT2D eigenvalue weighted by Crippen LogP contribution is 2.11. The molecule has 0 aliphatic rings. The van der Waals surface area contributed by atoms with Crippen molar-refractivity contribution < 1.29 is 4.79 Å². The lowest BCUT2D eigenvalue weighted by Gasteiger charge is -2.16. The zero-order valence-corrected chi connectivity index (χ0v) is 10.9. The second kappa shape index (κ2) is 5.80. The third-order valence-electron chi connectivity index (χ3n) is 2.70. The highest BCUT2D eigenvalue weighted by Gasteiger charge is 2.14. The number of carbonyl (C=O) groups is 1. The Bertz CT molecular complexity index is 402. The van der Waals surface area contributed by atoms with E-state index >= 15 is 0 Å². The summed E-state index contributed by atoms with van der Waals surface area (Å²) in [6.45, 7) is 4.13. The summed E-state index contributed by atoms with van der Waals surface area (Å²) in [7, 11) is 3.53. The number of nitrogens with two attached hydrogens (primary N) is 1. The van der Waals surface area contributed by atoms with Crippen LogP contribution >= 0.6 is 0 Å². The van der Waals surface area contributed by atoms with E-state index in [0.717, 1.165) is 5.56 Å². The largest absolute Gasteiger partial charge is 0.320 e. The standard InChI is InChI=1S/C13H21N3O/c1-9-5-6-11(7-10(9)2)8-12(14)13(17)15-16(3)4/h5-7,12H,8,14H2,1-4H3,(H,15,17). The molecule has 94 valence electrons. The van der Waals surface area contributed by atoms with Gasteiger partial charge in [0, 0.05) is 14.1 Å². The first-order chi connectivity index (χ1) is 7.90. The van der Waals surface area contributed by atoms with Crippen LogP contribution in [0.2, 0.25) is 0 Å². The van der Waals surface area contributed by atoms with Crippen LogP contribution in [0, 0.1) is 13.8 Å². The van der Waals surface area contributed by atoms with Crippen molar-refractivity contribution in [3.8, 4) is 0 Å². The van der Waals surface area contributed by atoms with Gasteiger partial charge in [-0.2, -0.15) is 0 Å². The third kappa shape index (κ3) is 4.17. The molecule has 1 unspecified atom stereocenters. The van der Waals surface area contributed by atoms with Crippen LogP contribution in [0.15, 0.2) is 18.2 Å². The van der Waals surface area contributed by atoms with Crippen molar-refractivity contribution in [2.45, 2.75) is 26.3 Å². The van der Waals surface area contributed by atoms with Gasteiger partial charge in [0.25, 0.3) is 5.91 Å². The molecule has 0 fully saturated rings. The molecular formula is C13H21N3O. The van der Waals surface area contributed by atoms with Crippen molar-refractivity contribution in [3.05, 3.63) is 34.9 Å². The Hall–Kier alpha value is -1.39. The van der Waals surface area contributed by atoms with E-state index in [4.69, 9.17) is 5.73 Å². The number of hydrogen-bond donors (Lipinski definition) is 2. The molecule has 1 aromatic carbocycles. The molecule has 1 atom stereocenters. The molecule has 0 radical (unpaired) electrons. The summed E-state index contributed by atoms with van der Waals surface area (Å²) in [5.74, 6) is -0.159. The molecule has 1 amide bonds. The summed E-state index contributed by atoms with van der Waals surface area (Å²) >= 11 is 0. The molecular weight excluding hydrogens is 214 g/mol. The summed E-state index contributed by atoms with van der Waals surface area (Å²) in [5.41, 5.74) is 12.1. The van der Waals surface area contributed by atoms with E-state index in [1.807, 2.05) is 6.07 Å². The Balaban J connectivity index is 2.64. The predicted octanol–water partition coefficient (Wildman–Crippen LogP) is 0.766. The van der Waals surface area contributed by atoms with Gasteiger partial charge >= 0.3 is 0 Å². The minimum absolute atomic E-state index is 0.159. The smallest absolute Gasteiger partial charge is 0.251 e. The molecule has 1 rings (SSSR count). The predicted molar refractivity (Wildman–Crippen MR) is 69.4 cm³/mol. The number of aryl methyl sites for hydroxylation is 2. The van der Waals surface area contributed by atoms with Gasteiger partial charge in [-0.25, -0.2) is 5.01 Å². The maximum absolute atomic E-state index is 11.6. The second-order valence-electron chi connectivity index (χ2n) is 4.60. The van der Waals surface area contributed by atoms with Crippen LogP contribution in [0.1, 0.15) is 16.7 Å². The molecule has 0 spiro atoms. The van der Waals surface area contributed by atoms with Gasteiger partial charge in [-0.05, 0) is 37.0 Å². The zero-order valence-electron chi connectivity index (χ0n) is 10.9. The number of nitrogens with zero attached hydrogens (tertiary/aromatic N) is 1. The van der Waals surface area contributed by atoms with E-state index in [2.05, 4.69) is 31.4 Å². The lowest BCUT2D eigenvalue weighted by molar-refractivity contribution is -0.126. The molecule has 17 heavy (non-hydrogen) atoms. The molecule has 1 aromatic rings. The van der Waals surface area contributed by atoms with E-state index in [1.165, 1.54) is 11.1 Å². The molecule has 4 nitrogen and oxygen atoms in total. The Morgan fingerprint density at radius 3 is 2.53 bits per heavy atom. The highest BCUT2D eigenvalue weighted by molar-refractivity contribution is 5.81. The summed E-state index contributed by atoms with van der Waals surface area (Å²) in [5, 5.41) is 1.60. The summed E-state index contributed by atoms with van der Waals surface area (Å²) in [6, 6.07) is 5.64. The average Bonchev–Trinajstić information content (AvgIpc) is 2.22. The lowest BCUT2D eigenvalue weighted by atomic mass is 10.0. The Morgan fingerprint density at radius 2 is 2.00 bits per heavy atom. The summed E-state index contributed by atoms with van der Waals surface area (Å²) in [4.78, 5) is 11.6. The van der Waals surface area contributed by atoms with Crippen LogP contribution in [0.5, 0.6) is 0 Å². The number of hydrogen-bond acceptors (Lipinski definition) is 3. The number of benzene rings is 1. The van der Waals surface area contributed by atoms with Crippen LogP contribution in [0.4, 0.5) is 0 Å². The summed E-state index contributed by atoms with van der Waals surface area (Å²) in [6.07, 6.45) is 0.556. The highest BCUT2D eigenvalue weighted by atomic mass is 16.2. The van der Waals surface area contributed by atoms with Crippen LogP contribution in [0.3, 0.4) is 0 Å². The van der Waals surface area contributed by atoms with Crippen LogP contribution < -0.4 is 11.2 Å². The van der Waals surface area contributed by atoms with Gasteiger partial charge in [-0.1, -0.05) is 18.2 Å². The zero-order chi connectivity index (χ0) is 13.0. The van der Waals surface area contributed by atoms with Crippen LogP contribution in [0.25, 0.3) is 0 Å². The third-order valence-corrected chi connectivity index (χ3v) is 2.70. The fourth-order valence-corrected chi connectivity index (χ4v) is 1.58. The van der Waals surface area contributed by atoms with E-state index in [-0.39, 0.29) is 5.91 Å². The van der Waals surface area contributed by atoms with Crippen molar-refractivity contribution in [1.29, 1.82) is 0 Å². The van der Waals surface area contributed by atoms with E-state index in [0.29, 0.717) is 6.42 Å². The quantitative estimate of drug-likeness (QED) is 0.758. The Labute approximate surface area is 103 Å². The van der Waals surface area contributed by atoms with Crippen molar-refractivity contribution >= 4 is 5.91 Å². The second-order valence-corrected chi connectivity index (χ2v) is 4.60. The molecule has 3 N–H and O–H groups in total. The van der Waals surface area contributed by atoms with E-state index in [9.17, 15) is 4.79 Å². The molecule has 0 aliphatic heterocycles. The van der Waals surface area contributed by atoms with Gasteiger partial charge in [0.1, 0.15) is 0 Å². The molecule has 0 saturated carbocycles.